The van der Waals surface area contributed by atoms with Crippen molar-refractivity contribution < 1.29 is 17.9 Å². The minimum atomic E-state index is -3.20. The van der Waals surface area contributed by atoms with E-state index in [9.17, 15) is 13.2 Å². The van der Waals surface area contributed by atoms with E-state index in [0.717, 1.165) is 32.1 Å². The summed E-state index contributed by atoms with van der Waals surface area (Å²) in [6.45, 7) is 0.794. The van der Waals surface area contributed by atoms with E-state index in [1.165, 1.54) is 12.1 Å². The summed E-state index contributed by atoms with van der Waals surface area (Å²) < 4.78 is 28.1. The van der Waals surface area contributed by atoms with Gasteiger partial charge in [0.25, 0.3) is 0 Å². The van der Waals surface area contributed by atoms with Gasteiger partial charge in [0, 0.05) is 24.8 Å². The van der Waals surface area contributed by atoms with Gasteiger partial charge in [-0.3, -0.25) is 4.79 Å². The predicted octanol–water partition coefficient (Wildman–Crippen LogP) is 2.23. The molecule has 0 spiro atoms. The molecule has 0 saturated carbocycles. The van der Waals surface area contributed by atoms with Crippen LogP contribution in [0.1, 0.15) is 36.0 Å². The molecule has 1 aliphatic heterocycles. The molecule has 0 aromatic heterocycles. The van der Waals surface area contributed by atoms with Gasteiger partial charge in [0.15, 0.2) is 15.6 Å². The van der Waals surface area contributed by atoms with Gasteiger partial charge in [0.1, 0.15) is 0 Å². The van der Waals surface area contributed by atoms with Gasteiger partial charge >= 0.3 is 0 Å². The van der Waals surface area contributed by atoms with Gasteiger partial charge in [-0.2, -0.15) is 0 Å². The van der Waals surface area contributed by atoms with Crippen LogP contribution in [0.3, 0.4) is 0 Å². The molecule has 104 valence electrons. The number of ketones is 1. The highest BCUT2D eigenvalue weighted by Gasteiger charge is 2.17. The van der Waals surface area contributed by atoms with E-state index in [-0.39, 0.29) is 16.8 Å². The number of hydrogen-bond donors (Lipinski definition) is 0. The summed E-state index contributed by atoms with van der Waals surface area (Å²) in [5, 5.41) is 0. The summed E-state index contributed by atoms with van der Waals surface area (Å²) in [6.07, 6.45) is 4.65. The summed E-state index contributed by atoms with van der Waals surface area (Å²) in [4.78, 5) is 12.2. The van der Waals surface area contributed by atoms with Crippen molar-refractivity contribution in [3.8, 4) is 0 Å². The second-order valence-electron chi connectivity index (χ2n) is 4.89. The number of rotatable bonds is 5. The van der Waals surface area contributed by atoms with Crippen molar-refractivity contribution in [2.24, 2.45) is 0 Å². The van der Waals surface area contributed by atoms with Gasteiger partial charge < -0.3 is 4.74 Å². The molecule has 5 heteroatoms. The minimum Gasteiger partial charge on any atom is -0.378 e. The Morgan fingerprint density at radius 2 is 2.00 bits per heavy atom. The number of carbonyl (C=O) groups excluding carboxylic acids is 1. The van der Waals surface area contributed by atoms with Crippen molar-refractivity contribution in [1.29, 1.82) is 0 Å². The lowest BCUT2D eigenvalue weighted by atomic mass is 10.0. The van der Waals surface area contributed by atoms with Crippen LogP contribution < -0.4 is 0 Å². The second-order valence-corrected chi connectivity index (χ2v) is 6.91. The highest BCUT2D eigenvalue weighted by Crippen LogP contribution is 2.19. The van der Waals surface area contributed by atoms with Crippen LogP contribution >= 0.6 is 0 Å². The molecule has 2 rings (SSSR count). The van der Waals surface area contributed by atoms with E-state index < -0.39 is 9.84 Å². The molecule has 1 aliphatic rings. The fraction of sp³-hybridized carbons (Fsp3) is 0.500. The Morgan fingerprint density at radius 3 is 2.53 bits per heavy atom. The molecule has 0 bridgehead atoms. The minimum absolute atomic E-state index is 0.0375. The van der Waals surface area contributed by atoms with Gasteiger partial charge in [-0.1, -0.05) is 12.1 Å². The summed E-state index contributed by atoms with van der Waals surface area (Å²) in [6, 6.07) is 6.12. The normalized spacial score (nSPS) is 19.5. The van der Waals surface area contributed by atoms with Crippen LogP contribution in [0.4, 0.5) is 0 Å². The van der Waals surface area contributed by atoms with Crippen molar-refractivity contribution in [1.82, 2.24) is 0 Å². The quantitative estimate of drug-likeness (QED) is 0.777. The van der Waals surface area contributed by atoms with Gasteiger partial charge in [0.05, 0.1) is 11.0 Å². The number of benzene rings is 1. The van der Waals surface area contributed by atoms with E-state index in [1.807, 2.05) is 0 Å². The molecular formula is C14H18O4S. The van der Waals surface area contributed by atoms with Crippen LogP contribution in [0.25, 0.3) is 0 Å². The highest BCUT2D eigenvalue weighted by atomic mass is 32.2. The Labute approximate surface area is 113 Å². The zero-order chi connectivity index (χ0) is 13.9. The average molecular weight is 282 g/mol. The van der Waals surface area contributed by atoms with Gasteiger partial charge in [-0.05, 0) is 31.4 Å². The molecule has 19 heavy (non-hydrogen) atoms. The molecule has 1 saturated heterocycles. The summed E-state index contributed by atoms with van der Waals surface area (Å²) in [5.74, 6) is 0.0375. The fourth-order valence-corrected chi connectivity index (χ4v) is 2.83. The number of sulfone groups is 1. The Hall–Kier alpha value is -1.20. The number of Topliss-reactive ketones (excluding diaryl/α,β-unsaturated/α-hetero) is 1. The average Bonchev–Trinajstić information content (AvgIpc) is 2.88. The highest BCUT2D eigenvalue weighted by molar-refractivity contribution is 7.90. The van der Waals surface area contributed by atoms with Crippen molar-refractivity contribution >= 4 is 15.6 Å². The Balaban J connectivity index is 1.95. The van der Waals surface area contributed by atoms with Crippen LogP contribution in [0, 0.1) is 0 Å². The first kappa shape index (κ1) is 14.2. The van der Waals surface area contributed by atoms with E-state index in [2.05, 4.69) is 0 Å². The first-order valence-corrected chi connectivity index (χ1v) is 8.31. The van der Waals surface area contributed by atoms with E-state index in [4.69, 9.17) is 4.74 Å². The fourth-order valence-electron chi connectivity index (χ4n) is 2.20. The topological polar surface area (TPSA) is 60.4 Å². The van der Waals surface area contributed by atoms with Crippen molar-refractivity contribution in [2.75, 3.05) is 12.9 Å². The zero-order valence-electron chi connectivity index (χ0n) is 11.0. The molecule has 1 unspecified atom stereocenters. The maximum absolute atomic E-state index is 12.0. The molecule has 0 radical (unpaired) electrons. The smallest absolute Gasteiger partial charge is 0.175 e. The van der Waals surface area contributed by atoms with Crippen LogP contribution in [-0.2, 0) is 14.6 Å². The standard InChI is InChI=1S/C14H18O4S/c1-19(16,17)13-7-4-11(5-8-13)14(15)9-6-12-3-2-10-18-12/h4-5,7-8,12H,2-3,6,9-10H2,1H3. The summed E-state index contributed by atoms with van der Waals surface area (Å²) in [7, 11) is -3.20. The molecule has 1 aromatic carbocycles. The SMILES string of the molecule is CS(=O)(=O)c1ccc(C(=O)CCC2CCCO2)cc1. The van der Waals surface area contributed by atoms with E-state index in [0.29, 0.717) is 12.0 Å². The van der Waals surface area contributed by atoms with Crippen molar-refractivity contribution in [2.45, 2.75) is 36.7 Å². The Bertz CT molecular complexity index is 539. The lowest BCUT2D eigenvalue weighted by Gasteiger charge is -2.08. The summed E-state index contributed by atoms with van der Waals surface area (Å²) in [5.41, 5.74) is 0.561. The van der Waals surface area contributed by atoms with Gasteiger partial charge in [-0.15, -0.1) is 0 Å². The van der Waals surface area contributed by atoms with Crippen molar-refractivity contribution in [3.05, 3.63) is 29.8 Å². The third kappa shape index (κ3) is 3.88. The molecule has 1 heterocycles. The Morgan fingerprint density at radius 1 is 1.32 bits per heavy atom. The number of ether oxygens (including phenoxy) is 1. The molecular weight excluding hydrogens is 264 g/mol. The third-order valence-corrected chi connectivity index (χ3v) is 4.45. The number of carbonyl (C=O) groups is 1. The molecule has 1 atom stereocenters. The van der Waals surface area contributed by atoms with Crippen LogP contribution in [0.2, 0.25) is 0 Å². The zero-order valence-corrected chi connectivity index (χ0v) is 11.8. The lowest BCUT2D eigenvalue weighted by molar-refractivity contribution is 0.0859. The third-order valence-electron chi connectivity index (χ3n) is 3.32. The maximum Gasteiger partial charge on any atom is 0.175 e. The van der Waals surface area contributed by atoms with Gasteiger partial charge in [-0.25, -0.2) is 8.42 Å². The molecule has 4 nitrogen and oxygen atoms in total. The molecule has 0 N–H and O–H groups in total. The number of hydrogen-bond acceptors (Lipinski definition) is 4. The monoisotopic (exact) mass is 282 g/mol. The van der Waals surface area contributed by atoms with Crippen LogP contribution in [0.5, 0.6) is 0 Å². The van der Waals surface area contributed by atoms with E-state index in [1.54, 1.807) is 12.1 Å². The maximum atomic E-state index is 12.0. The first-order chi connectivity index (χ1) is 8.97. The van der Waals surface area contributed by atoms with Crippen LogP contribution in [-0.4, -0.2) is 33.2 Å². The van der Waals surface area contributed by atoms with Gasteiger partial charge in [0.2, 0.25) is 0 Å². The summed E-state index contributed by atoms with van der Waals surface area (Å²) >= 11 is 0. The molecule has 1 aromatic rings. The molecule has 0 amide bonds. The molecule has 0 aliphatic carbocycles. The van der Waals surface area contributed by atoms with E-state index >= 15 is 0 Å². The first-order valence-electron chi connectivity index (χ1n) is 6.42. The lowest BCUT2D eigenvalue weighted by Crippen LogP contribution is -2.09. The second kappa shape index (κ2) is 5.84. The van der Waals surface area contributed by atoms with Crippen LogP contribution in [0.15, 0.2) is 29.2 Å². The van der Waals surface area contributed by atoms with Crippen molar-refractivity contribution in [3.63, 3.8) is 0 Å². The molecule has 1 fully saturated rings. The largest absolute Gasteiger partial charge is 0.378 e. The Kier molecular flexibility index (Phi) is 4.37. The predicted molar refractivity (Wildman–Crippen MR) is 72.1 cm³/mol.